The zero-order chi connectivity index (χ0) is 16.0. The molecule has 3 atom stereocenters. The largest absolute Gasteiger partial charge is 0.343 e. The van der Waals surface area contributed by atoms with Crippen molar-refractivity contribution in [3.8, 4) is 0 Å². The summed E-state index contributed by atoms with van der Waals surface area (Å²) in [5.41, 5.74) is 0.152. The molecule has 0 radical (unpaired) electrons. The van der Waals surface area contributed by atoms with Crippen LogP contribution in [0.5, 0.6) is 0 Å². The first kappa shape index (κ1) is 15.2. The van der Waals surface area contributed by atoms with Crippen molar-refractivity contribution in [2.45, 2.75) is 45.4 Å². The molecule has 2 aliphatic heterocycles. The van der Waals surface area contributed by atoms with Crippen LogP contribution < -0.4 is 0 Å². The zero-order valence-electron chi connectivity index (χ0n) is 14.2. The minimum atomic E-state index is 0.152. The Hall–Kier alpha value is -1.32. The van der Waals surface area contributed by atoms with Gasteiger partial charge in [-0.1, -0.05) is 12.2 Å². The first-order valence-electron chi connectivity index (χ1n) is 9.32. The van der Waals surface area contributed by atoms with Gasteiger partial charge in [-0.15, -0.1) is 0 Å². The maximum atomic E-state index is 12.6. The van der Waals surface area contributed by atoms with Crippen LogP contribution >= 0.6 is 0 Å². The van der Waals surface area contributed by atoms with Crippen molar-refractivity contribution in [1.29, 1.82) is 0 Å². The summed E-state index contributed by atoms with van der Waals surface area (Å²) in [5, 5.41) is 0. The van der Waals surface area contributed by atoms with Crippen LogP contribution in [0.4, 0.5) is 0 Å². The van der Waals surface area contributed by atoms with E-state index in [4.69, 9.17) is 0 Å². The summed E-state index contributed by atoms with van der Waals surface area (Å²) in [6.45, 7) is 5.47. The van der Waals surface area contributed by atoms with Gasteiger partial charge < -0.3 is 9.80 Å². The molecule has 0 aromatic rings. The average molecular weight is 316 g/mol. The number of hydrogen-bond acceptors (Lipinski definition) is 2. The normalized spacial score (nSPS) is 34.8. The van der Waals surface area contributed by atoms with Gasteiger partial charge in [0.15, 0.2) is 0 Å². The van der Waals surface area contributed by atoms with E-state index in [0.717, 1.165) is 51.4 Å². The van der Waals surface area contributed by atoms with Crippen molar-refractivity contribution in [1.82, 2.24) is 9.80 Å². The maximum absolute atomic E-state index is 12.6. The Balaban J connectivity index is 1.30. The molecule has 0 aromatic carbocycles. The number of carbonyl (C=O) groups is 2. The summed E-state index contributed by atoms with van der Waals surface area (Å²) in [5.74, 6) is 2.64. The van der Waals surface area contributed by atoms with Crippen LogP contribution in [0.25, 0.3) is 0 Å². The van der Waals surface area contributed by atoms with E-state index in [1.54, 1.807) is 0 Å². The van der Waals surface area contributed by atoms with Gasteiger partial charge in [-0.25, -0.2) is 0 Å². The number of carbonyl (C=O) groups excluding carboxylic acids is 2. The van der Waals surface area contributed by atoms with Crippen molar-refractivity contribution in [2.75, 3.05) is 26.2 Å². The number of rotatable bonds is 3. The molecule has 4 nitrogen and oxygen atoms in total. The third-order valence-corrected chi connectivity index (χ3v) is 6.82. The molecule has 4 heteroatoms. The van der Waals surface area contributed by atoms with Crippen molar-refractivity contribution < 1.29 is 9.59 Å². The van der Waals surface area contributed by atoms with Gasteiger partial charge in [0.2, 0.25) is 11.8 Å². The highest BCUT2D eigenvalue weighted by atomic mass is 16.2. The predicted molar refractivity (Wildman–Crippen MR) is 88.6 cm³/mol. The molecular formula is C19H28N2O2. The van der Waals surface area contributed by atoms with Crippen molar-refractivity contribution >= 4 is 11.8 Å². The second-order valence-corrected chi connectivity index (χ2v) is 8.21. The van der Waals surface area contributed by atoms with Crippen LogP contribution in [0.2, 0.25) is 0 Å². The van der Waals surface area contributed by atoms with Crippen LogP contribution in [-0.4, -0.2) is 47.8 Å². The Morgan fingerprint density at radius 3 is 2.61 bits per heavy atom. The van der Waals surface area contributed by atoms with E-state index in [2.05, 4.69) is 24.0 Å². The summed E-state index contributed by atoms with van der Waals surface area (Å²) in [4.78, 5) is 28.7. The van der Waals surface area contributed by atoms with Gasteiger partial charge in [-0.3, -0.25) is 9.59 Å². The summed E-state index contributed by atoms with van der Waals surface area (Å²) in [7, 11) is 0. The van der Waals surface area contributed by atoms with Gasteiger partial charge in [-0.05, 0) is 50.4 Å². The second kappa shape index (κ2) is 5.64. The third kappa shape index (κ3) is 2.70. The first-order valence-corrected chi connectivity index (χ1v) is 9.32. The lowest BCUT2D eigenvalue weighted by atomic mass is 9.77. The van der Waals surface area contributed by atoms with E-state index in [1.807, 2.05) is 4.90 Å². The van der Waals surface area contributed by atoms with Gasteiger partial charge in [0, 0.05) is 44.4 Å². The van der Waals surface area contributed by atoms with Gasteiger partial charge in [0.25, 0.3) is 0 Å². The third-order valence-electron chi connectivity index (χ3n) is 6.82. The van der Waals surface area contributed by atoms with Crippen LogP contribution in [-0.2, 0) is 9.59 Å². The molecule has 2 heterocycles. The Morgan fingerprint density at radius 2 is 2.04 bits per heavy atom. The maximum Gasteiger partial charge on any atom is 0.223 e. The van der Waals surface area contributed by atoms with Crippen molar-refractivity contribution in [3.05, 3.63) is 12.2 Å². The highest BCUT2D eigenvalue weighted by Crippen LogP contribution is 2.46. The number of amides is 2. The molecule has 3 unspecified atom stereocenters. The van der Waals surface area contributed by atoms with E-state index < -0.39 is 0 Å². The molecule has 2 aliphatic carbocycles. The van der Waals surface area contributed by atoms with E-state index in [0.29, 0.717) is 30.1 Å². The molecule has 23 heavy (non-hydrogen) atoms. The molecule has 3 fully saturated rings. The number of fused-ring (bicyclic) bond motifs is 2. The SMILES string of the molecule is CCN1CC2(CCN(C(=O)CC3CC4C=CC3C4)CC2)CC1=O. The van der Waals surface area contributed by atoms with Crippen LogP contribution in [0.1, 0.15) is 45.4 Å². The number of hydrogen-bond donors (Lipinski definition) is 0. The molecule has 2 amide bonds. The van der Waals surface area contributed by atoms with Crippen LogP contribution in [0.15, 0.2) is 12.2 Å². The Morgan fingerprint density at radius 1 is 1.26 bits per heavy atom. The molecule has 4 aliphatic rings. The average Bonchev–Trinajstić information content (AvgIpc) is 3.23. The molecule has 1 spiro atoms. The summed E-state index contributed by atoms with van der Waals surface area (Å²) < 4.78 is 0. The summed E-state index contributed by atoms with van der Waals surface area (Å²) in [6, 6.07) is 0. The van der Waals surface area contributed by atoms with Gasteiger partial charge in [0.1, 0.15) is 0 Å². The topological polar surface area (TPSA) is 40.6 Å². The van der Waals surface area contributed by atoms with Gasteiger partial charge >= 0.3 is 0 Å². The molecule has 2 saturated heterocycles. The molecule has 1 saturated carbocycles. The minimum Gasteiger partial charge on any atom is -0.343 e. The smallest absolute Gasteiger partial charge is 0.223 e. The van der Waals surface area contributed by atoms with Crippen LogP contribution in [0, 0.1) is 23.2 Å². The monoisotopic (exact) mass is 316 g/mol. The fourth-order valence-electron chi connectivity index (χ4n) is 5.32. The molecule has 0 aromatic heterocycles. The number of allylic oxidation sites excluding steroid dienone is 2. The lowest BCUT2D eigenvalue weighted by molar-refractivity contribution is -0.134. The fraction of sp³-hybridized carbons (Fsp3) is 0.789. The van der Waals surface area contributed by atoms with E-state index in [1.165, 1.54) is 12.8 Å². The van der Waals surface area contributed by atoms with Crippen molar-refractivity contribution in [3.63, 3.8) is 0 Å². The second-order valence-electron chi connectivity index (χ2n) is 8.21. The zero-order valence-corrected chi connectivity index (χ0v) is 14.2. The standard InChI is InChI=1S/C19H28N2O2/c1-2-20-13-19(12-18(20)23)5-7-21(8-6-19)17(22)11-16-10-14-3-4-15(16)9-14/h3-4,14-16H,2,5-13H2,1H3. The summed E-state index contributed by atoms with van der Waals surface area (Å²) >= 11 is 0. The molecule has 4 rings (SSSR count). The van der Waals surface area contributed by atoms with Crippen molar-refractivity contribution in [2.24, 2.45) is 23.2 Å². The predicted octanol–water partition coefficient (Wildman–Crippen LogP) is 2.45. The Bertz CT molecular complexity index is 533. The summed E-state index contributed by atoms with van der Waals surface area (Å²) in [6.07, 6.45) is 10.6. The number of likely N-dealkylation sites (tertiary alicyclic amines) is 2. The first-order chi connectivity index (χ1) is 11.1. The quantitative estimate of drug-likeness (QED) is 0.751. The van der Waals surface area contributed by atoms with E-state index in [-0.39, 0.29) is 5.41 Å². The van der Waals surface area contributed by atoms with E-state index >= 15 is 0 Å². The fourth-order valence-corrected chi connectivity index (χ4v) is 5.32. The Labute approximate surface area is 138 Å². The molecule has 0 N–H and O–H groups in total. The van der Waals surface area contributed by atoms with Gasteiger partial charge in [-0.2, -0.15) is 0 Å². The Kier molecular flexibility index (Phi) is 3.73. The van der Waals surface area contributed by atoms with Crippen LogP contribution in [0.3, 0.4) is 0 Å². The lowest BCUT2D eigenvalue weighted by Gasteiger charge is -2.39. The van der Waals surface area contributed by atoms with E-state index in [9.17, 15) is 9.59 Å². The molecule has 2 bridgehead atoms. The molecule has 126 valence electrons. The highest BCUT2D eigenvalue weighted by molar-refractivity contribution is 5.80. The molecular weight excluding hydrogens is 288 g/mol. The lowest BCUT2D eigenvalue weighted by Crippen LogP contribution is -2.44. The van der Waals surface area contributed by atoms with Gasteiger partial charge in [0.05, 0.1) is 0 Å². The highest BCUT2D eigenvalue weighted by Gasteiger charge is 2.45. The number of piperidine rings is 1. The minimum absolute atomic E-state index is 0.152. The number of nitrogens with zero attached hydrogens (tertiary/aromatic N) is 2.